The van der Waals surface area contributed by atoms with Crippen LogP contribution in [0.15, 0.2) is 6.07 Å². The second kappa shape index (κ2) is 3.30. The van der Waals surface area contributed by atoms with Crippen LogP contribution in [-0.2, 0) is 5.41 Å². The molecular formula is C11H12N2O3. The lowest BCUT2D eigenvalue weighted by atomic mass is 9.90. The van der Waals surface area contributed by atoms with Crippen molar-refractivity contribution in [3.8, 4) is 0 Å². The summed E-state index contributed by atoms with van der Waals surface area (Å²) in [4.78, 5) is 25.9. The Bertz CT molecular complexity index is 480. The van der Waals surface area contributed by atoms with E-state index < -0.39 is 5.97 Å². The minimum Gasteiger partial charge on any atom is -0.477 e. The van der Waals surface area contributed by atoms with Crippen LogP contribution in [0.3, 0.4) is 0 Å². The Labute approximate surface area is 92.5 Å². The van der Waals surface area contributed by atoms with Gasteiger partial charge in [-0.05, 0) is 6.07 Å². The molecule has 0 saturated carbocycles. The molecule has 16 heavy (non-hydrogen) atoms. The molecule has 0 aromatic carbocycles. The van der Waals surface area contributed by atoms with Crippen molar-refractivity contribution in [2.45, 2.75) is 19.3 Å². The van der Waals surface area contributed by atoms with E-state index in [4.69, 9.17) is 5.11 Å². The molecule has 1 aromatic rings. The number of carboxylic acid groups (broad SMARTS) is 1. The molecule has 0 saturated heterocycles. The molecule has 5 nitrogen and oxygen atoms in total. The maximum Gasteiger partial charge on any atom is 0.354 e. The van der Waals surface area contributed by atoms with Crippen LogP contribution in [0.25, 0.3) is 0 Å². The number of nitrogens with one attached hydrogen (secondary N) is 1. The van der Waals surface area contributed by atoms with Gasteiger partial charge in [-0.2, -0.15) is 0 Å². The molecule has 0 atom stereocenters. The summed E-state index contributed by atoms with van der Waals surface area (Å²) in [5.74, 6) is -1.12. The van der Waals surface area contributed by atoms with Gasteiger partial charge < -0.3 is 10.4 Å². The third-order valence-electron chi connectivity index (χ3n) is 2.74. The summed E-state index contributed by atoms with van der Waals surface area (Å²) in [6, 6.07) is 1.29. The number of hydrogen-bond acceptors (Lipinski definition) is 4. The highest BCUT2D eigenvalue weighted by atomic mass is 16.4. The molecular weight excluding hydrogens is 208 g/mol. The average Bonchev–Trinajstić information content (AvgIpc) is 2.54. The van der Waals surface area contributed by atoms with Gasteiger partial charge in [0.2, 0.25) is 0 Å². The van der Waals surface area contributed by atoms with Crippen molar-refractivity contribution in [1.82, 2.24) is 4.98 Å². The number of rotatable bonds is 2. The first-order valence-corrected chi connectivity index (χ1v) is 4.93. The Kier molecular flexibility index (Phi) is 2.18. The molecule has 2 rings (SSSR count). The standard InChI is InChI=1S/C11H12N2O3/c1-11(2)5-12-8-6(4-14)3-7(10(15)16)13-9(8)11/h3-4,12H,5H2,1-2H3,(H,15,16). The first-order valence-electron chi connectivity index (χ1n) is 4.93. The van der Waals surface area contributed by atoms with Gasteiger partial charge >= 0.3 is 5.97 Å². The highest BCUT2D eigenvalue weighted by Crippen LogP contribution is 2.36. The second-order valence-electron chi connectivity index (χ2n) is 4.48. The minimum atomic E-state index is -1.12. The Morgan fingerprint density at radius 2 is 2.31 bits per heavy atom. The van der Waals surface area contributed by atoms with Gasteiger partial charge in [0, 0.05) is 17.5 Å². The molecule has 1 aliphatic rings. The van der Waals surface area contributed by atoms with E-state index in [2.05, 4.69) is 10.3 Å². The fourth-order valence-electron chi connectivity index (χ4n) is 1.84. The minimum absolute atomic E-state index is 0.0855. The number of hydrogen-bond donors (Lipinski definition) is 2. The molecule has 1 aromatic heterocycles. The topological polar surface area (TPSA) is 79.3 Å². The molecule has 2 N–H and O–H groups in total. The van der Waals surface area contributed by atoms with Crippen molar-refractivity contribution in [2.24, 2.45) is 0 Å². The van der Waals surface area contributed by atoms with Crippen molar-refractivity contribution in [3.05, 3.63) is 23.0 Å². The number of nitrogens with zero attached hydrogens (tertiary/aromatic N) is 1. The SMILES string of the molecule is CC1(C)CNc2c(C=O)cc(C(=O)O)nc21. The summed E-state index contributed by atoms with van der Waals surface area (Å²) in [5, 5.41) is 12.0. The Hall–Kier alpha value is -1.91. The number of aromatic carboxylic acids is 1. The third-order valence-corrected chi connectivity index (χ3v) is 2.74. The number of aldehydes is 1. The number of aromatic nitrogens is 1. The van der Waals surface area contributed by atoms with Gasteiger partial charge in [-0.15, -0.1) is 0 Å². The van der Waals surface area contributed by atoms with Crippen LogP contribution in [0.2, 0.25) is 0 Å². The van der Waals surface area contributed by atoms with E-state index in [0.29, 0.717) is 29.8 Å². The summed E-state index contributed by atoms with van der Waals surface area (Å²) >= 11 is 0. The van der Waals surface area contributed by atoms with E-state index in [1.54, 1.807) is 0 Å². The predicted molar refractivity (Wildman–Crippen MR) is 58.1 cm³/mol. The van der Waals surface area contributed by atoms with Gasteiger partial charge in [-0.1, -0.05) is 13.8 Å². The number of fused-ring (bicyclic) bond motifs is 1. The zero-order valence-corrected chi connectivity index (χ0v) is 9.07. The Morgan fingerprint density at radius 3 is 2.88 bits per heavy atom. The largest absolute Gasteiger partial charge is 0.477 e. The normalized spacial score (nSPS) is 16.4. The summed E-state index contributed by atoms with van der Waals surface area (Å²) < 4.78 is 0. The molecule has 0 amide bonds. The van der Waals surface area contributed by atoms with Gasteiger partial charge in [0.15, 0.2) is 6.29 Å². The van der Waals surface area contributed by atoms with Gasteiger partial charge in [-0.3, -0.25) is 4.79 Å². The van der Waals surface area contributed by atoms with Crippen LogP contribution < -0.4 is 5.32 Å². The van der Waals surface area contributed by atoms with Crippen molar-refractivity contribution in [1.29, 1.82) is 0 Å². The van der Waals surface area contributed by atoms with E-state index in [9.17, 15) is 9.59 Å². The molecule has 0 spiro atoms. The molecule has 0 bridgehead atoms. The summed E-state index contributed by atoms with van der Waals surface area (Å²) in [6.45, 7) is 4.57. The lowest BCUT2D eigenvalue weighted by molar-refractivity contribution is 0.0690. The first-order chi connectivity index (χ1) is 7.45. The highest BCUT2D eigenvalue weighted by molar-refractivity contribution is 5.93. The highest BCUT2D eigenvalue weighted by Gasteiger charge is 2.34. The molecule has 0 aliphatic carbocycles. The van der Waals surface area contributed by atoms with Gasteiger partial charge in [0.05, 0.1) is 11.4 Å². The zero-order valence-electron chi connectivity index (χ0n) is 9.07. The molecule has 2 heterocycles. The third kappa shape index (κ3) is 1.44. The maximum atomic E-state index is 10.9. The molecule has 0 fully saturated rings. The van der Waals surface area contributed by atoms with E-state index >= 15 is 0 Å². The Morgan fingerprint density at radius 1 is 1.62 bits per heavy atom. The number of anilines is 1. The molecule has 0 unspecified atom stereocenters. The quantitative estimate of drug-likeness (QED) is 0.734. The number of carboxylic acids is 1. The summed E-state index contributed by atoms with van der Waals surface area (Å²) in [5.41, 5.74) is 1.32. The van der Waals surface area contributed by atoms with E-state index in [1.165, 1.54) is 6.07 Å². The maximum absolute atomic E-state index is 10.9. The fourth-order valence-corrected chi connectivity index (χ4v) is 1.84. The molecule has 84 valence electrons. The number of carbonyl (C=O) groups excluding carboxylic acids is 1. The first kappa shape index (κ1) is 10.6. The lowest BCUT2D eigenvalue weighted by Gasteiger charge is -2.16. The van der Waals surface area contributed by atoms with Gasteiger partial charge in [-0.25, -0.2) is 9.78 Å². The van der Waals surface area contributed by atoms with Crippen LogP contribution in [0.5, 0.6) is 0 Å². The van der Waals surface area contributed by atoms with Gasteiger partial charge in [0.1, 0.15) is 5.69 Å². The fraction of sp³-hybridized carbons (Fsp3) is 0.364. The number of carbonyl (C=O) groups is 2. The van der Waals surface area contributed by atoms with Crippen molar-refractivity contribution in [3.63, 3.8) is 0 Å². The number of pyridine rings is 1. The Balaban J connectivity index is 2.68. The van der Waals surface area contributed by atoms with Crippen molar-refractivity contribution >= 4 is 17.9 Å². The average molecular weight is 220 g/mol. The second-order valence-corrected chi connectivity index (χ2v) is 4.48. The predicted octanol–water partition coefficient (Wildman–Crippen LogP) is 1.30. The van der Waals surface area contributed by atoms with Crippen molar-refractivity contribution < 1.29 is 14.7 Å². The van der Waals surface area contributed by atoms with Crippen LogP contribution >= 0.6 is 0 Å². The molecule has 1 aliphatic heterocycles. The smallest absolute Gasteiger partial charge is 0.354 e. The van der Waals surface area contributed by atoms with Crippen LogP contribution in [0, 0.1) is 0 Å². The van der Waals surface area contributed by atoms with E-state index in [0.717, 1.165) is 0 Å². The monoisotopic (exact) mass is 220 g/mol. The summed E-state index contributed by atoms with van der Waals surface area (Å²) in [6.07, 6.45) is 0.654. The molecule has 5 heteroatoms. The van der Waals surface area contributed by atoms with Crippen molar-refractivity contribution in [2.75, 3.05) is 11.9 Å². The van der Waals surface area contributed by atoms with E-state index in [-0.39, 0.29) is 11.1 Å². The van der Waals surface area contributed by atoms with Crippen LogP contribution in [0.1, 0.15) is 40.4 Å². The van der Waals surface area contributed by atoms with Crippen LogP contribution in [0.4, 0.5) is 5.69 Å². The zero-order chi connectivity index (χ0) is 11.9. The van der Waals surface area contributed by atoms with Crippen LogP contribution in [-0.4, -0.2) is 28.9 Å². The van der Waals surface area contributed by atoms with E-state index in [1.807, 2.05) is 13.8 Å². The lowest BCUT2D eigenvalue weighted by Crippen LogP contribution is -2.21. The van der Waals surface area contributed by atoms with Gasteiger partial charge in [0.25, 0.3) is 0 Å². The molecule has 0 radical (unpaired) electrons. The summed E-state index contributed by atoms with van der Waals surface area (Å²) in [7, 11) is 0.